The van der Waals surface area contributed by atoms with Crippen molar-refractivity contribution in [1.82, 2.24) is 4.90 Å². The highest BCUT2D eigenvalue weighted by molar-refractivity contribution is 6.21. The second kappa shape index (κ2) is 4.02. The van der Waals surface area contributed by atoms with Crippen molar-refractivity contribution in [2.24, 2.45) is 4.99 Å². The lowest BCUT2D eigenvalue weighted by Crippen LogP contribution is -2.34. The fourth-order valence-corrected chi connectivity index (χ4v) is 3.49. The topological polar surface area (TPSA) is 24.8 Å². The van der Waals surface area contributed by atoms with E-state index >= 15 is 0 Å². The zero-order valence-electron chi connectivity index (χ0n) is 11.3. The summed E-state index contributed by atoms with van der Waals surface area (Å²) in [7, 11) is 5.96. The second-order valence-electron chi connectivity index (χ2n) is 5.58. The van der Waals surface area contributed by atoms with Crippen molar-refractivity contribution in [3.05, 3.63) is 34.5 Å². The van der Waals surface area contributed by atoms with Gasteiger partial charge < -0.3 is 4.74 Å². The first-order valence-corrected chi connectivity index (χ1v) is 7.25. The predicted molar refractivity (Wildman–Crippen MR) is 75.4 cm³/mol. The van der Waals surface area contributed by atoms with Crippen LogP contribution in [-0.4, -0.2) is 24.6 Å². The van der Waals surface area contributed by atoms with Crippen LogP contribution in [0.4, 0.5) is 0 Å². The average molecular weight is 252 g/mol. The van der Waals surface area contributed by atoms with Gasteiger partial charge in [-0.15, -0.1) is 5.47 Å². The van der Waals surface area contributed by atoms with Crippen LogP contribution in [0.3, 0.4) is 0 Å². The number of hydrogen-bond donors (Lipinski definition) is 0. The minimum absolute atomic E-state index is 0.330. The van der Waals surface area contributed by atoms with E-state index in [1.54, 1.807) is 0 Å². The van der Waals surface area contributed by atoms with Crippen molar-refractivity contribution in [3.63, 3.8) is 0 Å². The maximum Gasteiger partial charge on any atom is 0.145 e. The first kappa shape index (κ1) is 11.4. The zero-order valence-corrected chi connectivity index (χ0v) is 11.3. The first-order valence-electron chi connectivity index (χ1n) is 7.25. The Hall–Kier alpha value is -1.45. The number of ether oxygens (including phenoxy) is 1. The van der Waals surface area contributed by atoms with Gasteiger partial charge in [-0.1, -0.05) is 6.92 Å². The van der Waals surface area contributed by atoms with Gasteiger partial charge in [0, 0.05) is 12.8 Å². The minimum Gasteiger partial charge on any atom is -0.458 e. The summed E-state index contributed by atoms with van der Waals surface area (Å²) in [6.45, 7) is 2.18. The monoisotopic (exact) mass is 252 g/mol. The Morgan fingerprint density at radius 2 is 2.32 bits per heavy atom. The Morgan fingerprint density at radius 3 is 3.16 bits per heavy atom. The van der Waals surface area contributed by atoms with Gasteiger partial charge in [-0.05, 0) is 31.8 Å². The minimum atomic E-state index is 0.330. The number of amidine groups is 1. The Labute approximate surface area is 115 Å². The van der Waals surface area contributed by atoms with Gasteiger partial charge in [-0.3, -0.25) is 9.89 Å². The van der Waals surface area contributed by atoms with E-state index in [2.05, 4.69) is 11.8 Å². The summed E-state index contributed by atoms with van der Waals surface area (Å²) >= 11 is 0. The maximum absolute atomic E-state index is 6.13. The van der Waals surface area contributed by atoms with Crippen LogP contribution in [-0.2, 0) is 4.74 Å². The van der Waals surface area contributed by atoms with Crippen LogP contribution in [0.15, 0.2) is 39.5 Å². The van der Waals surface area contributed by atoms with Crippen LogP contribution in [0, 0.1) is 0 Å². The van der Waals surface area contributed by atoms with Crippen LogP contribution >= 0.6 is 0 Å². The normalized spacial score (nSPS) is 28.7. The molecule has 1 unspecified atom stereocenters. The van der Waals surface area contributed by atoms with E-state index in [1.807, 2.05) is 6.08 Å². The third-order valence-corrected chi connectivity index (χ3v) is 4.36. The molecule has 0 saturated heterocycles. The summed E-state index contributed by atoms with van der Waals surface area (Å²) in [6.07, 6.45) is 8.20. The van der Waals surface area contributed by atoms with Crippen molar-refractivity contribution in [3.8, 4) is 0 Å². The summed E-state index contributed by atoms with van der Waals surface area (Å²) in [6, 6.07) is 0.330. The van der Waals surface area contributed by atoms with Crippen LogP contribution in [0.1, 0.15) is 45.4 Å². The number of fused-ring (bicyclic) bond motifs is 1. The Morgan fingerprint density at radius 1 is 1.42 bits per heavy atom. The van der Waals surface area contributed by atoms with Crippen molar-refractivity contribution in [1.29, 1.82) is 0 Å². The molecule has 0 N–H and O–H groups in total. The van der Waals surface area contributed by atoms with E-state index in [9.17, 15) is 0 Å². The van der Waals surface area contributed by atoms with Crippen LogP contribution < -0.4 is 0 Å². The van der Waals surface area contributed by atoms with Gasteiger partial charge >= 0.3 is 0 Å². The van der Waals surface area contributed by atoms with Crippen molar-refractivity contribution in [2.45, 2.75) is 51.5 Å². The predicted octanol–water partition coefficient (Wildman–Crippen LogP) is 2.96. The van der Waals surface area contributed by atoms with Gasteiger partial charge in [-0.25, -0.2) is 0 Å². The van der Waals surface area contributed by atoms with Gasteiger partial charge in [0.2, 0.25) is 0 Å². The summed E-state index contributed by atoms with van der Waals surface area (Å²) < 4.78 is 6.13. The third-order valence-electron chi connectivity index (χ3n) is 4.36. The first-order chi connectivity index (χ1) is 9.28. The highest BCUT2D eigenvalue weighted by Gasteiger charge is 2.41. The molecule has 0 amide bonds. The van der Waals surface area contributed by atoms with Gasteiger partial charge in [0.05, 0.1) is 17.4 Å². The average Bonchev–Trinajstić information content (AvgIpc) is 2.79. The lowest BCUT2D eigenvalue weighted by molar-refractivity contribution is 0.234. The molecule has 1 atom stereocenters. The molecule has 0 aromatic rings. The molecule has 0 spiro atoms. The molecule has 4 rings (SSSR count). The van der Waals surface area contributed by atoms with Crippen LogP contribution in [0.25, 0.3) is 0 Å². The zero-order chi connectivity index (χ0) is 13.0. The van der Waals surface area contributed by atoms with E-state index in [0.29, 0.717) is 6.04 Å². The molecule has 0 saturated carbocycles. The number of rotatable bonds is 1. The molecule has 19 heavy (non-hydrogen) atoms. The molecule has 3 nitrogen and oxygen atoms in total. The summed E-state index contributed by atoms with van der Waals surface area (Å²) in [5, 5.41) is 0. The van der Waals surface area contributed by atoms with E-state index in [1.165, 1.54) is 23.7 Å². The molecule has 4 aliphatic rings. The van der Waals surface area contributed by atoms with Gasteiger partial charge in [0.15, 0.2) is 0 Å². The van der Waals surface area contributed by atoms with Gasteiger partial charge in [0.1, 0.15) is 25.2 Å². The highest BCUT2D eigenvalue weighted by atomic mass is 16.5. The summed E-state index contributed by atoms with van der Waals surface area (Å²) in [5.74, 6) is 3.27. The molecule has 2 aliphatic heterocycles. The molecular weight excluding hydrogens is 235 g/mol. The van der Waals surface area contributed by atoms with Gasteiger partial charge in [-0.2, -0.15) is 0 Å². The number of aliphatic imine (C=N–C) groups is 1. The molecule has 2 radical (unpaired) electrons. The number of nitrogens with zero attached hydrogens (tertiary/aromatic N) is 2. The van der Waals surface area contributed by atoms with E-state index in [4.69, 9.17) is 17.6 Å². The molecule has 0 fully saturated rings. The van der Waals surface area contributed by atoms with Crippen molar-refractivity contribution < 1.29 is 4.74 Å². The van der Waals surface area contributed by atoms with Crippen molar-refractivity contribution >= 4 is 13.7 Å². The molecule has 0 aromatic carbocycles. The fourth-order valence-electron chi connectivity index (χ4n) is 3.49. The smallest absolute Gasteiger partial charge is 0.145 e. The van der Waals surface area contributed by atoms with E-state index < -0.39 is 0 Å². The fraction of sp³-hybridized carbons (Fsp3) is 0.533. The molecule has 2 heterocycles. The highest BCUT2D eigenvalue weighted by Crippen LogP contribution is 2.45. The van der Waals surface area contributed by atoms with Crippen LogP contribution in [0.5, 0.6) is 0 Å². The van der Waals surface area contributed by atoms with E-state index in [0.717, 1.165) is 49.1 Å². The van der Waals surface area contributed by atoms with Crippen molar-refractivity contribution in [2.75, 3.05) is 0 Å². The SMILES string of the molecule is [B]C1=CC2=C(CC1)N1C(CC)=NC3CCCC(=C31)O2. The Bertz CT molecular complexity index is 571. The Kier molecular flexibility index (Phi) is 2.41. The lowest BCUT2D eigenvalue weighted by Gasteiger charge is -2.37. The third kappa shape index (κ3) is 1.55. The summed E-state index contributed by atoms with van der Waals surface area (Å²) in [5.41, 5.74) is 3.50. The lowest BCUT2D eigenvalue weighted by atomic mass is 9.85. The number of hydrogen-bond acceptors (Lipinski definition) is 3. The molecule has 2 aliphatic carbocycles. The number of allylic oxidation sites excluding steroid dienone is 4. The Balaban J connectivity index is 1.84. The molecule has 4 heteroatoms. The molecular formula is C15H17BN2O. The van der Waals surface area contributed by atoms with E-state index in [-0.39, 0.29) is 0 Å². The molecule has 96 valence electrons. The maximum atomic E-state index is 6.13. The van der Waals surface area contributed by atoms with Gasteiger partial charge in [0.25, 0.3) is 0 Å². The second-order valence-corrected chi connectivity index (χ2v) is 5.58. The molecule has 0 aromatic heterocycles. The largest absolute Gasteiger partial charge is 0.458 e. The summed E-state index contributed by atoms with van der Waals surface area (Å²) in [4.78, 5) is 7.28. The quantitative estimate of drug-likeness (QED) is 0.670. The standard InChI is InChI=1S/C15H17BN2O/c1-2-14-17-10-4-3-5-12-15(10)18(14)11-7-6-9(16)8-13(11)19-12/h8,10H,2-7H2,1H3. The van der Waals surface area contributed by atoms with Crippen LogP contribution in [0.2, 0.25) is 0 Å². The molecule has 0 bridgehead atoms.